The average molecular weight is 218 g/mol. The molecule has 86 valence electrons. The summed E-state index contributed by atoms with van der Waals surface area (Å²) >= 11 is 0. The van der Waals surface area contributed by atoms with E-state index in [2.05, 4.69) is 9.78 Å². The van der Waals surface area contributed by atoms with Crippen molar-refractivity contribution in [3.05, 3.63) is 17.5 Å². The van der Waals surface area contributed by atoms with Crippen LogP contribution in [0.3, 0.4) is 0 Å². The molecule has 0 aromatic carbocycles. The first kappa shape index (κ1) is 9.87. The minimum absolute atomic E-state index is 0.131. The molecule has 0 spiro atoms. The molecular weight excluding hydrogens is 200 g/mol. The molecule has 0 aliphatic heterocycles. The minimum Gasteiger partial charge on any atom is -0.384 e. The van der Waals surface area contributed by atoms with E-state index in [1.165, 1.54) is 25.7 Å². The quantitative estimate of drug-likeness (QED) is 0.587. The Labute approximate surface area is 95.3 Å². The Kier molecular flexibility index (Phi) is 2.06. The van der Waals surface area contributed by atoms with Crippen molar-refractivity contribution in [2.75, 3.05) is 0 Å². The number of nitrogens with zero attached hydrogens (tertiary/aromatic N) is 2. The van der Waals surface area contributed by atoms with Crippen molar-refractivity contribution in [2.24, 2.45) is 17.6 Å². The molecule has 2 fully saturated rings. The normalized spacial score (nSPS) is 32.2. The summed E-state index contributed by atoms with van der Waals surface area (Å²) in [6.45, 7) is 1.93. The van der Waals surface area contributed by atoms with E-state index in [4.69, 9.17) is 11.1 Å². The molecule has 2 saturated carbocycles. The lowest BCUT2D eigenvalue weighted by Crippen LogP contribution is -2.17. The fraction of sp³-hybridized carbons (Fsp3) is 0.667. The number of rotatable bonds is 2. The molecule has 0 saturated heterocycles. The van der Waals surface area contributed by atoms with Gasteiger partial charge in [-0.2, -0.15) is 5.10 Å². The van der Waals surface area contributed by atoms with Gasteiger partial charge in [-0.25, -0.2) is 0 Å². The summed E-state index contributed by atoms with van der Waals surface area (Å²) in [6, 6.07) is 0.561. The Hall–Kier alpha value is -1.32. The number of hydrogen-bond acceptors (Lipinski definition) is 2. The van der Waals surface area contributed by atoms with Gasteiger partial charge in [0.1, 0.15) is 5.84 Å². The number of nitrogens with two attached hydrogens (primary N) is 1. The van der Waals surface area contributed by atoms with Crippen molar-refractivity contribution < 1.29 is 0 Å². The number of amidine groups is 1. The fourth-order valence-corrected chi connectivity index (χ4v) is 3.45. The largest absolute Gasteiger partial charge is 0.384 e. The maximum absolute atomic E-state index is 7.49. The predicted octanol–water partition coefficient (Wildman–Crippen LogP) is 1.84. The van der Waals surface area contributed by atoms with Crippen molar-refractivity contribution in [1.82, 2.24) is 9.78 Å². The van der Waals surface area contributed by atoms with E-state index in [-0.39, 0.29) is 5.84 Å². The van der Waals surface area contributed by atoms with Crippen LogP contribution in [0.2, 0.25) is 0 Å². The first-order chi connectivity index (χ1) is 7.65. The van der Waals surface area contributed by atoms with Crippen molar-refractivity contribution in [2.45, 2.75) is 38.6 Å². The molecule has 0 radical (unpaired) electrons. The average Bonchev–Trinajstić information content (AvgIpc) is 2.89. The van der Waals surface area contributed by atoms with Crippen LogP contribution in [-0.2, 0) is 0 Å². The third kappa shape index (κ3) is 1.36. The molecule has 2 bridgehead atoms. The lowest BCUT2D eigenvalue weighted by molar-refractivity contribution is 0.306. The molecule has 1 aromatic heterocycles. The summed E-state index contributed by atoms with van der Waals surface area (Å²) in [6.07, 6.45) is 7.36. The molecule has 4 heteroatoms. The van der Waals surface area contributed by atoms with Crippen LogP contribution >= 0.6 is 0 Å². The van der Waals surface area contributed by atoms with Gasteiger partial charge < -0.3 is 5.73 Å². The number of aromatic nitrogens is 2. The molecular formula is C12H18N4. The summed E-state index contributed by atoms with van der Waals surface area (Å²) in [4.78, 5) is 0. The summed E-state index contributed by atoms with van der Waals surface area (Å²) in [5.74, 6) is 1.86. The highest BCUT2D eigenvalue weighted by atomic mass is 15.3. The van der Waals surface area contributed by atoms with Crippen LogP contribution < -0.4 is 5.73 Å². The molecule has 3 atom stereocenters. The van der Waals surface area contributed by atoms with E-state index in [9.17, 15) is 0 Å². The van der Waals surface area contributed by atoms with E-state index in [1.807, 2.05) is 13.1 Å². The van der Waals surface area contributed by atoms with Crippen molar-refractivity contribution >= 4 is 5.84 Å². The number of nitrogen functional groups attached to an aromatic ring is 1. The molecule has 2 aliphatic carbocycles. The predicted molar refractivity (Wildman–Crippen MR) is 62.5 cm³/mol. The van der Waals surface area contributed by atoms with Crippen LogP contribution in [0.5, 0.6) is 0 Å². The number of hydrogen-bond donors (Lipinski definition) is 2. The van der Waals surface area contributed by atoms with Gasteiger partial charge in [0, 0.05) is 6.20 Å². The lowest BCUT2D eigenvalue weighted by atomic mass is 9.95. The van der Waals surface area contributed by atoms with E-state index >= 15 is 0 Å². The Balaban J connectivity index is 1.90. The number of fused-ring (bicyclic) bond motifs is 2. The second kappa shape index (κ2) is 3.34. The Morgan fingerprint density at radius 3 is 2.81 bits per heavy atom. The highest BCUT2D eigenvalue weighted by Crippen LogP contribution is 2.50. The number of nitrogens with one attached hydrogen (secondary N) is 1. The maximum atomic E-state index is 7.49. The standard InChI is InChI=1S/C12H18N4/c1-7-10(12(13)14)6-16(15-7)11-5-8-2-3-9(11)4-8/h6,8-9,11H,2-5H2,1H3,(H3,13,14). The molecule has 3 rings (SSSR count). The summed E-state index contributed by atoms with van der Waals surface area (Å²) in [7, 11) is 0. The zero-order chi connectivity index (χ0) is 11.3. The molecule has 16 heavy (non-hydrogen) atoms. The van der Waals surface area contributed by atoms with Gasteiger partial charge in [0.15, 0.2) is 0 Å². The minimum atomic E-state index is 0.131. The SMILES string of the molecule is Cc1nn(C2CC3CCC2C3)cc1C(=N)N. The third-order valence-electron chi connectivity index (χ3n) is 4.25. The molecule has 3 N–H and O–H groups in total. The summed E-state index contributed by atoms with van der Waals surface area (Å²) in [5.41, 5.74) is 7.21. The lowest BCUT2D eigenvalue weighted by Gasteiger charge is -2.21. The first-order valence-corrected chi connectivity index (χ1v) is 6.05. The number of aryl methyl sites for hydroxylation is 1. The molecule has 1 aromatic rings. The molecule has 4 nitrogen and oxygen atoms in total. The summed E-state index contributed by atoms with van der Waals surface area (Å²) < 4.78 is 2.07. The van der Waals surface area contributed by atoms with Crippen molar-refractivity contribution in [1.29, 1.82) is 5.41 Å². The molecule has 1 heterocycles. The fourth-order valence-electron chi connectivity index (χ4n) is 3.45. The van der Waals surface area contributed by atoms with Gasteiger partial charge in [-0.15, -0.1) is 0 Å². The highest BCUT2D eigenvalue weighted by molar-refractivity contribution is 5.95. The van der Waals surface area contributed by atoms with Gasteiger partial charge in [-0.05, 0) is 38.0 Å². The van der Waals surface area contributed by atoms with Gasteiger partial charge in [-0.3, -0.25) is 10.1 Å². The smallest absolute Gasteiger partial charge is 0.126 e. The highest BCUT2D eigenvalue weighted by Gasteiger charge is 2.40. The van der Waals surface area contributed by atoms with Gasteiger partial charge in [0.05, 0.1) is 17.3 Å². The monoisotopic (exact) mass is 218 g/mol. The van der Waals surface area contributed by atoms with Crippen LogP contribution in [0, 0.1) is 24.2 Å². The van der Waals surface area contributed by atoms with E-state index < -0.39 is 0 Å². The van der Waals surface area contributed by atoms with Gasteiger partial charge in [0.25, 0.3) is 0 Å². The van der Waals surface area contributed by atoms with Crippen LogP contribution in [-0.4, -0.2) is 15.6 Å². The van der Waals surface area contributed by atoms with E-state index in [0.717, 1.165) is 23.1 Å². The second-order valence-corrected chi connectivity index (χ2v) is 5.26. The zero-order valence-electron chi connectivity index (χ0n) is 9.61. The second-order valence-electron chi connectivity index (χ2n) is 5.26. The van der Waals surface area contributed by atoms with E-state index in [1.54, 1.807) is 0 Å². The van der Waals surface area contributed by atoms with Crippen LogP contribution in [0.1, 0.15) is 43.0 Å². The molecule has 3 unspecified atom stereocenters. The van der Waals surface area contributed by atoms with Crippen molar-refractivity contribution in [3.63, 3.8) is 0 Å². The first-order valence-electron chi connectivity index (χ1n) is 6.05. The van der Waals surface area contributed by atoms with Crippen molar-refractivity contribution in [3.8, 4) is 0 Å². The summed E-state index contributed by atoms with van der Waals surface area (Å²) in [5, 5.41) is 12.0. The van der Waals surface area contributed by atoms with Gasteiger partial charge >= 0.3 is 0 Å². The Morgan fingerprint density at radius 1 is 1.50 bits per heavy atom. The van der Waals surface area contributed by atoms with Crippen LogP contribution in [0.25, 0.3) is 0 Å². The van der Waals surface area contributed by atoms with Gasteiger partial charge in [-0.1, -0.05) is 6.42 Å². The molecule has 2 aliphatic rings. The zero-order valence-corrected chi connectivity index (χ0v) is 9.61. The maximum Gasteiger partial charge on any atom is 0.126 e. The van der Waals surface area contributed by atoms with Gasteiger partial charge in [0.2, 0.25) is 0 Å². The topological polar surface area (TPSA) is 67.7 Å². The Morgan fingerprint density at radius 2 is 2.31 bits per heavy atom. The van der Waals surface area contributed by atoms with Crippen LogP contribution in [0.4, 0.5) is 0 Å². The third-order valence-corrected chi connectivity index (χ3v) is 4.25. The Bertz CT molecular complexity index is 434. The van der Waals surface area contributed by atoms with E-state index in [0.29, 0.717) is 6.04 Å². The molecule has 0 amide bonds. The van der Waals surface area contributed by atoms with Crippen LogP contribution in [0.15, 0.2) is 6.20 Å².